The molecule has 0 bridgehead atoms. The van der Waals surface area contributed by atoms with Crippen LogP contribution in [-0.4, -0.2) is 32.6 Å². The second kappa shape index (κ2) is 18.2. The van der Waals surface area contributed by atoms with Crippen molar-refractivity contribution in [3.8, 4) is 55.3 Å². The molecular weight excluding hydrogens is 925 g/mol. The summed E-state index contributed by atoms with van der Waals surface area (Å²) in [5.41, 5.74) is 12.6. The highest BCUT2D eigenvalue weighted by atomic mass is 32.1. The van der Waals surface area contributed by atoms with E-state index < -0.39 is 0 Å². The molecule has 8 heteroatoms. The molecule has 0 unspecified atom stereocenters. The van der Waals surface area contributed by atoms with Crippen LogP contribution in [0.25, 0.3) is 75.9 Å². The summed E-state index contributed by atoms with van der Waals surface area (Å²) in [6, 6.07) is 43.0. The zero-order chi connectivity index (χ0) is 51.1. The van der Waals surface area contributed by atoms with E-state index in [0.717, 1.165) is 78.7 Å². The lowest BCUT2D eigenvalue weighted by molar-refractivity contribution is 0.267. The Morgan fingerprint density at radius 2 is 0.681 bits per heavy atom. The number of fused-ring (bicyclic) bond motifs is 6. The van der Waals surface area contributed by atoms with Crippen molar-refractivity contribution in [2.45, 2.75) is 118 Å². The topological polar surface area (TPSA) is 68.8 Å². The first-order chi connectivity index (χ1) is 34.1. The van der Waals surface area contributed by atoms with E-state index in [2.05, 4.69) is 165 Å². The van der Waals surface area contributed by atoms with Gasteiger partial charge in [-0.3, -0.25) is 9.13 Å². The van der Waals surface area contributed by atoms with Gasteiger partial charge in [-0.2, -0.15) is 0 Å². The summed E-state index contributed by atoms with van der Waals surface area (Å²) in [7, 11) is 0. The summed E-state index contributed by atoms with van der Waals surface area (Å²) in [5, 5.41) is 34.7. The van der Waals surface area contributed by atoms with E-state index in [-0.39, 0.29) is 33.2 Å². The second-order valence-corrected chi connectivity index (χ2v) is 25.3. The van der Waals surface area contributed by atoms with Crippen molar-refractivity contribution in [3.05, 3.63) is 154 Å². The number of hydrogen-bond acceptors (Lipinski definition) is 6. The SMILES string of the molecule is CC(C)(C)c1ccc2c(c1)c1cc(C(C)(C)C)ccc1n2-c1scc(-c2ccccc2OCCCCOc2ccccc2-c2csc(-n3c4ccc(C(C)(C)C)cc4c4cc(C(C)(C)C)ccc43)c2O)c1O. The lowest BCUT2D eigenvalue weighted by Crippen LogP contribution is -2.10. The van der Waals surface area contributed by atoms with E-state index >= 15 is 0 Å². The lowest BCUT2D eigenvalue weighted by atomic mass is 9.85. The molecule has 0 radical (unpaired) electrons. The smallest absolute Gasteiger partial charge is 0.158 e. The third-order valence-corrected chi connectivity index (χ3v) is 16.2. The summed E-state index contributed by atoms with van der Waals surface area (Å²) >= 11 is 3.10. The third kappa shape index (κ3) is 8.95. The molecule has 0 aliphatic heterocycles. The average Bonchev–Trinajstić information content (AvgIpc) is 4.08. The van der Waals surface area contributed by atoms with E-state index in [1.165, 1.54) is 43.8 Å². The number of para-hydroxylation sites is 2. The Morgan fingerprint density at radius 1 is 0.389 bits per heavy atom. The number of aromatic hydroxyl groups is 2. The first-order valence-corrected chi connectivity index (χ1v) is 27.1. The fraction of sp³-hybridized carbons (Fsp3) is 0.312. The van der Waals surface area contributed by atoms with Gasteiger partial charge in [0.1, 0.15) is 21.5 Å². The molecule has 10 aromatic rings. The number of rotatable bonds is 11. The molecule has 0 spiro atoms. The minimum atomic E-state index is -0.00329. The first kappa shape index (κ1) is 49.1. The Kier molecular flexibility index (Phi) is 12.4. The zero-order valence-corrected chi connectivity index (χ0v) is 45.6. The zero-order valence-electron chi connectivity index (χ0n) is 44.0. The van der Waals surface area contributed by atoms with E-state index in [1.54, 1.807) is 22.7 Å². The van der Waals surface area contributed by atoms with Gasteiger partial charge in [-0.05, 0) is 117 Å². The van der Waals surface area contributed by atoms with Crippen LogP contribution in [0.3, 0.4) is 0 Å². The van der Waals surface area contributed by atoms with Gasteiger partial charge in [-0.15, -0.1) is 22.7 Å². The fourth-order valence-electron chi connectivity index (χ4n) is 9.93. The maximum atomic E-state index is 12.1. The van der Waals surface area contributed by atoms with Crippen molar-refractivity contribution in [2.24, 2.45) is 0 Å². The van der Waals surface area contributed by atoms with E-state index in [1.807, 2.05) is 59.3 Å². The number of benzene rings is 6. The van der Waals surface area contributed by atoms with Crippen LogP contribution in [0.2, 0.25) is 0 Å². The summed E-state index contributed by atoms with van der Waals surface area (Å²) < 4.78 is 17.4. The van der Waals surface area contributed by atoms with Crippen LogP contribution in [0.15, 0.2) is 132 Å². The molecule has 2 N–H and O–H groups in total. The van der Waals surface area contributed by atoms with Crippen LogP contribution in [0.1, 0.15) is 118 Å². The van der Waals surface area contributed by atoms with E-state index in [9.17, 15) is 10.2 Å². The summed E-state index contributed by atoms with van der Waals surface area (Å²) in [6.07, 6.45) is 1.53. The van der Waals surface area contributed by atoms with Gasteiger partial charge in [0, 0.05) is 54.6 Å². The molecule has 0 fully saturated rings. The molecule has 6 aromatic carbocycles. The van der Waals surface area contributed by atoms with Crippen LogP contribution in [0.5, 0.6) is 23.0 Å². The Hall–Kier alpha value is -6.48. The van der Waals surface area contributed by atoms with Gasteiger partial charge >= 0.3 is 0 Å². The van der Waals surface area contributed by atoms with Crippen LogP contribution < -0.4 is 9.47 Å². The largest absolute Gasteiger partial charge is 0.504 e. The van der Waals surface area contributed by atoms with Crippen molar-refractivity contribution in [1.29, 1.82) is 0 Å². The molecule has 72 heavy (non-hydrogen) atoms. The number of unbranched alkanes of at least 4 members (excludes halogenated alkanes) is 1. The van der Waals surface area contributed by atoms with Crippen molar-refractivity contribution in [1.82, 2.24) is 9.13 Å². The quantitative estimate of drug-likeness (QED) is 0.127. The van der Waals surface area contributed by atoms with E-state index in [0.29, 0.717) is 13.2 Å². The predicted octanol–water partition coefficient (Wildman–Crippen LogP) is 18.2. The van der Waals surface area contributed by atoms with Crippen molar-refractivity contribution in [2.75, 3.05) is 13.2 Å². The van der Waals surface area contributed by atoms with Gasteiger partial charge in [0.2, 0.25) is 0 Å². The van der Waals surface area contributed by atoms with E-state index in [4.69, 9.17) is 9.47 Å². The summed E-state index contributed by atoms with van der Waals surface area (Å²) in [5.74, 6) is 1.94. The van der Waals surface area contributed by atoms with Crippen LogP contribution >= 0.6 is 22.7 Å². The number of thiophene rings is 2. The van der Waals surface area contributed by atoms with Gasteiger partial charge < -0.3 is 19.7 Å². The third-order valence-electron chi connectivity index (χ3n) is 14.3. The Morgan fingerprint density at radius 3 is 0.972 bits per heavy atom. The highest BCUT2D eigenvalue weighted by Crippen LogP contribution is 2.49. The maximum absolute atomic E-state index is 12.1. The molecule has 0 aliphatic carbocycles. The highest BCUT2D eigenvalue weighted by Gasteiger charge is 2.27. The normalized spacial score (nSPS) is 12.8. The standard InChI is InChI=1S/C64H68N2O4S2/c1-61(2,3)39-23-27-51-45(33-39)46-34-40(62(4,5)6)24-28-52(46)65(51)59-57(67)49(37-71-59)43-19-13-15-21-55(43)69-31-17-18-32-70-56-22-16-14-20-44(56)50-38-72-60(58(50)68)66-53-29-25-41(63(7,8)9)35-47(53)48-36-42(64(10,11)12)26-30-54(48)66/h13-16,19-30,33-38,67-68H,17-18,31-32H2,1-12H3. The molecule has 6 nitrogen and oxygen atoms in total. The molecule has 370 valence electrons. The number of aromatic nitrogens is 2. The fourth-order valence-corrected chi connectivity index (χ4v) is 11.9. The summed E-state index contributed by atoms with van der Waals surface area (Å²) in [6.45, 7) is 28.0. The Balaban J connectivity index is 0.858. The van der Waals surface area contributed by atoms with Crippen LogP contribution in [0.4, 0.5) is 0 Å². The molecule has 4 aromatic heterocycles. The number of ether oxygens (including phenoxy) is 2. The lowest BCUT2D eigenvalue weighted by Gasteiger charge is -2.19. The van der Waals surface area contributed by atoms with Gasteiger partial charge in [0.25, 0.3) is 0 Å². The highest BCUT2D eigenvalue weighted by molar-refractivity contribution is 7.14. The molecule has 10 rings (SSSR count). The molecular formula is C64H68N2O4S2. The van der Waals surface area contributed by atoms with Gasteiger partial charge in [-0.1, -0.05) is 144 Å². The second-order valence-electron chi connectivity index (χ2n) is 23.6. The number of hydrogen-bond donors (Lipinski definition) is 2. The Bertz CT molecular complexity index is 3280. The van der Waals surface area contributed by atoms with Crippen LogP contribution in [0, 0.1) is 0 Å². The minimum Gasteiger partial charge on any atom is -0.504 e. The maximum Gasteiger partial charge on any atom is 0.158 e. The van der Waals surface area contributed by atoms with Crippen LogP contribution in [-0.2, 0) is 21.7 Å². The van der Waals surface area contributed by atoms with Crippen molar-refractivity contribution >= 4 is 66.3 Å². The molecule has 0 aliphatic rings. The first-order valence-electron chi connectivity index (χ1n) is 25.3. The number of nitrogens with zero attached hydrogens (tertiary/aromatic N) is 2. The van der Waals surface area contributed by atoms with Gasteiger partial charge in [0.15, 0.2) is 11.5 Å². The van der Waals surface area contributed by atoms with Gasteiger partial charge in [-0.25, -0.2) is 0 Å². The minimum absolute atomic E-state index is 0.00329. The monoisotopic (exact) mass is 992 g/mol. The van der Waals surface area contributed by atoms with Crippen molar-refractivity contribution in [3.63, 3.8) is 0 Å². The molecule has 0 amide bonds. The molecule has 0 atom stereocenters. The summed E-state index contributed by atoms with van der Waals surface area (Å²) in [4.78, 5) is 0. The van der Waals surface area contributed by atoms with Gasteiger partial charge in [0.05, 0.1) is 35.3 Å². The average molecular weight is 993 g/mol. The van der Waals surface area contributed by atoms with Crippen molar-refractivity contribution < 1.29 is 19.7 Å². The molecule has 0 saturated carbocycles. The predicted molar refractivity (Wildman–Crippen MR) is 307 cm³/mol. The Labute approximate surface area is 433 Å². The molecule has 4 heterocycles. The molecule has 0 saturated heterocycles.